The third-order valence-corrected chi connectivity index (χ3v) is 3.75. The second kappa shape index (κ2) is 5.00. The lowest BCUT2D eigenvalue weighted by atomic mass is 9.93. The average Bonchev–Trinajstić information content (AvgIpc) is 2.29. The summed E-state index contributed by atoms with van der Waals surface area (Å²) in [6.07, 6.45) is -0.0196. The van der Waals surface area contributed by atoms with Gasteiger partial charge in [0.15, 0.2) is 5.60 Å². The van der Waals surface area contributed by atoms with E-state index in [9.17, 15) is 14.7 Å². The van der Waals surface area contributed by atoms with E-state index in [1.54, 1.807) is 18.2 Å². The van der Waals surface area contributed by atoms with Crippen molar-refractivity contribution in [1.29, 1.82) is 0 Å². The minimum absolute atomic E-state index is 0.0196. The Kier molecular flexibility index (Phi) is 3.71. The fourth-order valence-electron chi connectivity index (χ4n) is 1.86. The number of β-amino-alcohol motifs (C(OH)–C–C–N with tert-alkyl or cyclic N) is 1. The molecule has 102 valence electrons. The predicted molar refractivity (Wildman–Crippen MR) is 69.3 cm³/mol. The quantitative estimate of drug-likeness (QED) is 0.879. The number of halogens is 2. The number of hydrogen-bond acceptors (Lipinski definition) is 3. The van der Waals surface area contributed by atoms with Crippen LogP contribution in [0.4, 0.5) is 0 Å². The summed E-state index contributed by atoms with van der Waals surface area (Å²) in [4.78, 5) is 23.9. The number of carbonyl (C=O) groups excluding carboxylic acids is 1. The fourth-order valence-corrected chi connectivity index (χ4v) is 2.39. The maximum Gasteiger partial charge on any atom is 0.339 e. The second-order valence-electron chi connectivity index (χ2n) is 4.46. The van der Waals surface area contributed by atoms with Gasteiger partial charge in [-0.25, -0.2) is 4.79 Å². The van der Waals surface area contributed by atoms with Gasteiger partial charge in [-0.05, 0) is 17.7 Å². The normalized spacial score (nSPS) is 16.9. The van der Waals surface area contributed by atoms with Gasteiger partial charge in [0.05, 0.1) is 19.5 Å². The maximum atomic E-state index is 11.9. The number of carboxylic acid groups (broad SMARTS) is 1. The predicted octanol–water partition coefficient (Wildman–Crippen LogP) is 1.19. The van der Waals surface area contributed by atoms with Crippen LogP contribution >= 0.6 is 23.2 Å². The van der Waals surface area contributed by atoms with Crippen LogP contribution in [-0.2, 0) is 16.0 Å². The molecule has 1 saturated heterocycles. The van der Waals surface area contributed by atoms with Crippen molar-refractivity contribution in [3.63, 3.8) is 0 Å². The third-order valence-electron chi connectivity index (χ3n) is 3.05. The Morgan fingerprint density at radius 1 is 1.26 bits per heavy atom. The highest BCUT2D eigenvalue weighted by molar-refractivity contribution is 6.36. The first kappa shape index (κ1) is 14.1. The van der Waals surface area contributed by atoms with Gasteiger partial charge in [-0.15, -0.1) is 0 Å². The molecule has 7 heteroatoms. The molecule has 1 aliphatic heterocycles. The number of benzene rings is 1. The van der Waals surface area contributed by atoms with E-state index in [0.29, 0.717) is 15.6 Å². The number of carbonyl (C=O) groups is 2. The van der Waals surface area contributed by atoms with Crippen LogP contribution in [0.2, 0.25) is 10.0 Å². The molecule has 1 heterocycles. The zero-order chi connectivity index (χ0) is 14.2. The molecule has 1 amide bonds. The summed E-state index contributed by atoms with van der Waals surface area (Å²) in [7, 11) is 0. The number of likely N-dealkylation sites (tertiary alicyclic amines) is 1. The number of aliphatic hydroxyl groups is 1. The van der Waals surface area contributed by atoms with Crippen molar-refractivity contribution >= 4 is 35.1 Å². The van der Waals surface area contributed by atoms with E-state index in [1.165, 1.54) is 4.90 Å². The number of carboxylic acids is 1. The monoisotopic (exact) mass is 303 g/mol. The smallest absolute Gasteiger partial charge is 0.339 e. The molecule has 0 bridgehead atoms. The summed E-state index contributed by atoms with van der Waals surface area (Å²) < 4.78 is 0. The van der Waals surface area contributed by atoms with Gasteiger partial charge in [0.25, 0.3) is 0 Å². The van der Waals surface area contributed by atoms with Crippen molar-refractivity contribution in [3.8, 4) is 0 Å². The van der Waals surface area contributed by atoms with Crippen LogP contribution < -0.4 is 0 Å². The van der Waals surface area contributed by atoms with Crippen LogP contribution in [0.5, 0.6) is 0 Å². The summed E-state index contributed by atoms with van der Waals surface area (Å²) in [6, 6.07) is 4.92. The average molecular weight is 304 g/mol. The summed E-state index contributed by atoms with van der Waals surface area (Å²) in [5.74, 6) is -1.65. The first-order valence-electron chi connectivity index (χ1n) is 5.50. The van der Waals surface area contributed by atoms with Gasteiger partial charge in [-0.2, -0.15) is 0 Å². The van der Waals surface area contributed by atoms with Crippen molar-refractivity contribution in [1.82, 2.24) is 4.90 Å². The van der Waals surface area contributed by atoms with Crippen molar-refractivity contribution in [2.75, 3.05) is 13.1 Å². The Balaban J connectivity index is 2.03. The molecule has 2 N–H and O–H groups in total. The molecule has 0 aliphatic carbocycles. The first-order chi connectivity index (χ1) is 8.83. The van der Waals surface area contributed by atoms with Gasteiger partial charge >= 0.3 is 5.97 Å². The van der Waals surface area contributed by atoms with Gasteiger partial charge in [0, 0.05) is 10.0 Å². The molecule has 0 aromatic heterocycles. The van der Waals surface area contributed by atoms with E-state index >= 15 is 0 Å². The molecule has 0 radical (unpaired) electrons. The molecular formula is C12H11Cl2NO4. The first-order valence-corrected chi connectivity index (χ1v) is 6.25. The molecule has 1 aliphatic rings. The highest BCUT2D eigenvalue weighted by Crippen LogP contribution is 2.27. The van der Waals surface area contributed by atoms with E-state index in [1.807, 2.05) is 0 Å². The zero-order valence-corrected chi connectivity index (χ0v) is 11.3. The van der Waals surface area contributed by atoms with Crippen molar-refractivity contribution in [2.24, 2.45) is 0 Å². The molecule has 2 rings (SSSR count). The highest BCUT2D eigenvalue weighted by atomic mass is 35.5. The Labute approximate surface area is 119 Å². The Hall–Kier alpha value is -1.30. The third kappa shape index (κ3) is 2.68. The number of hydrogen-bond donors (Lipinski definition) is 2. The van der Waals surface area contributed by atoms with Gasteiger partial charge in [0.2, 0.25) is 5.91 Å². The maximum absolute atomic E-state index is 11.9. The van der Waals surface area contributed by atoms with Gasteiger partial charge in [0.1, 0.15) is 0 Å². The summed E-state index contributed by atoms with van der Waals surface area (Å²) in [5, 5.41) is 19.0. The molecular weight excluding hydrogens is 293 g/mol. The van der Waals surface area contributed by atoms with Crippen LogP contribution in [0.25, 0.3) is 0 Å². The van der Waals surface area contributed by atoms with Crippen LogP contribution in [0.1, 0.15) is 5.56 Å². The molecule has 0 atom stereocenters. The standard InChI is InChI=1S/C12H11Cl2NO4/c13-8-2-1-3-9(14)7(8)4-10(16)15-5-12(19,6-15)11(17)18/h1-3,19H,4-6H2,(H,17,18). The summed E-state index contributed by atoms with van der Waals surface area (Å²) in [6.45, 7) is -0.438. The summed E-state index contributed by atoms with van der Waals surface area (Å²) >= 11 is 11.9. The van der Waals surface area contributed by atoms with E-state index in [2.05, 4.69) is 0 Å². The number of nitrogens with zero attached hydrogens (tertiary/aromatic N) is 1. The number of rotatable bonds is 3. The Morgan fingerprint density at radius 3 is 2.26 bits per heavy atom. The van der Waals surface area contributed by atoms with Crippen molar-refractivity contribution in [3.05, 3.63) is 33.8 Å². The van der Waals surface area contributed by atoms with E-state index in [0.717, 1.165) is 0 Å². The molecule has 1 aromatic rings. The van der Waals surface area contributed by atoms with Crippen LogP contribution in [0, 0.1) is 0 Å². The molecule has 5 nitrogen and oxygen atoms in total. The van der Waals surface area contributed by atoms with E-state index in [-0.39, 0.29) is 25.4 Å². The lowest BCUT2D eigenvalue weighted by Gasteiger charge is -2.43. The van der Waals surface area contributed by atoms with Crippen molar-refractivity contribution < 1.29 is 19.8 Å². The molecule has 19 heavy (non-hydrogen) atoms. The van der Waals surface area contributed by atoms with Crippen molar-refractivity contribution in [2.45, 2.75) is 12.0 Å². The molecule has 0 spiro atoms. The van der Waals surface area contributed by atoms with Crippen LogP contribution in [-0.4, -0.2) is 45.7 Å². The second-order valence-corrected chi connectivity index (χ2v) is 5.28. The zero-order valence-electron chi connectivity index (χ0n) is 9.77. The van der Waals surface area contributed by atoms with Gasteiger partial charge in [-0.1, -0.05) is 29.3 Å². The van der Waals surface area contributed by atoms with E-state index in [4.69, 9.17) is 28.3 Å². The van der Waals surface area contributed by atoms with E-state index < -0.39 is 11.6 Å². The Morgan fingerprint density at radius 2 is 1.79 bits per heavy atom. The Bertz CT molecular complexity index is 520. The fraction of sp³-hybridized carbons (Fsp3) is 0.333. The topological polar surface area (TPSA) is 77.8 Å². The van der Waals surface area contributed by atoms with Gasteiger partial charge < -0.3 is 15.1 Å². The minimum atomic E-state index is -1.83. The highest BCUT2D eigenvalue weighted by Gasteiger charge is 2.49. The molecule has 0 unspecified atom stereocenters. The SMILES string of the molecule is O=C(Cc1c(Cl)cccc1Cl)N1CC(O)(C(=O)O)C1. The minimum Gasteiger partial charge on any atom is -0.479 e. The summed E-state index contributed by atoms with van der Waals surface area (Å²) in [5.41, 5.74) is -1.33. The van der Waals surface area contributed by atoms with Crippen LogP contribution in [0.3, 0.4) is 0 Å². The van der Waals surface area contributed by atoms with Crippen LogP contribution in [0.15, 0.2) is 18.2 Å². The lowest BCUT2D eigenvalue weighted by molar-refractivity contribution is -0.181. The molecule has 1 aromatic carbocycles. The number of aliphatic carboxylic acids is 1. The largest absolute Gasteiger partial charge is 0.479 e. The van der Waals surface area contributed by atoms with Gasteiger partial charge in [-0.3, -0.25) is 4.79 Å². The molecule has 1 fully saturated rings. The number of amides is 1. The molecule has 0 saturated carbocycles. The lowest BCUT2D eigenvalue weighted by Crippen LogP contribution is -2.67.